The molecule has 19 heavy (non-hydrogen) atoms. The van der Waals surface area contributed by atoms with Crippen molar-refractivity contribution in [2.75, 3.05) is 18.0 Å². The number of nitrogens with zero attached hydrogens (tertiary/aromatic N) is 1. The lowest BCUT2D eigenvalue weighted by Crippen LogP contribution is -2.30. The van der Waals surface area contributed by atoms with Crippen LogP contribution >= 0.6 is 0 Å². The molecule has 0 bridgehead atoms. The van der Waals surface area contributed by atoms with Crippen LogP contribution in [0, 0.1) is 0 Å². The monoisotopic (exact) mass is 258 g/mol. The zero-order valence-electron chi connectivity index (χ0n) is 11.6. The van der Waals surface area contributed by atoms with Crippen molar-refractivity contribution >= 4 is 17.7 Å². The van der Waals surface area contributed by atoms with Crippen LogP contribution in [0.1, 0.15) is 37.3 Å². The molecule has 3 nitrogen and oxygen atoms in total. The maximum absolute atomic E-state index is 10.8. The Labute approximate surface area is 115 Å². The Balaban J connectivity index is 2.22. The van der Waals surface area contributed by atoms with Crippen LogP contribution in [0.15, 0.2) is 24.3 Å². The molecule has 0 aromatic heterocycles. The number of carbonyl (C=O) groups excluding carboxylic acids is 1. The summed E-state index contributed by atoms with van der Waals surface area (Å²) in [7, 11) is 0. The summed E-state index contributed by atoms with van der Waals surface area (Å²) in [6.45, 7) is 4.48. The number of amides is 1. The molecule has 0 spiro atoms. The molecule has 3 heteroatoms. The number of piperidine rings is 1. The number of aryl methyl sites for hydroxylation is 1. The van der Waals surface area contributed by atoms with Crippen molar-refractivity contribution < 1.29 is 4.79 Å². The van der Waals surface area contributed by atoms with Gasteiger partial charge in [-0.1, -0.05) is 13.0 Å². The summed E-state index contributed by atoms with van der Waals surface area (Å²) < 4.78 is 0. The Morgan fingerprint density at radius 3 is 2.68 bits per heavy atom. The van der Waals surface area contributed by atoms with E-state index in [1.54, 1.807) is 6.08 Å². The van der Waals surface area contributed by atoms with Crippen molar-refractivity contribution in [3.05, 3.63) is 35.4 Å². The maximum Gasteiger partial charge on any atom is 0.241 e. The molecule has 0 atom stereocenters. The summed E-state index contributed by atoms with van der Waals surface area (Å²) >= 11 is 0. The smallest absolute Gasteiger partial charge is 0.241 e. The summed E-state index contributed by atoms with van der Waals surface area (Å²) in [6.07, 6.45) is 8.11. The van der Waals surface area contributed by atoms with Crippen molar-refractivity contribution in [3.63, 3.8) is 0 Å². The number of primary amides is 1. The van der Waals surface area contributed by atoms with E-state index >= 15 is 0 Å². The number of hydrogen-bond acceptors (Lipinski definition) is 2. The Morgan fingerprint density at radius 1 is 1.32 bits per heavy atom. The summed E-state index contributed by atoms with van der Waals surface area (Å²) in [6, 6.07) is 6.39. The van der Waals surface area contributed by atoms with E-state index in [1.165, 1.54) is 36.6 Å². The van der Waals surface area contributed by atoms with E-state index in [0.29, 0.717) is 0 Å². The molecule has 0 radical (unpaired) electrons. The standard InChI is InChI=1S/C16H22N2O/c1-2-14-12-13(7-9-16(17)19)6-8-15(14)18-10-4-3-5-11-18/h6-9,12H,2-5,10-11H2,1H3,(H2,17,19)/b9-7-. The van der Waals surface area contributed by atoms with Gasteiger partial charge < -0.3 is 10.6 Å². The van der Waals surface area contributed by atoms with E-state index in [4.69, 9.17) is 5.73 Å². The van der Waals surface area contributed by atoms with Gasteiger partial charge in [0.25, 0.3) is 0 Å². The molecule has 102 valence electrons. The summed E-state index contributed by atoms with van der Waals surface area (Å²) in [5, 5.41) is 0. The Bertz CT molecular complexity index is 474. The molecule has 1 aliphatic heterocycles. The highest BCUT2D eigenvalue weighted by molar-refractivity contribution is 5.90. The van der Waals surface area contributed by atoms with Gasteiger partial charge in [-0.3, -0.25) is 4.79 Å². The lowest BCUT2D eigenvalue weighted by molar-refractivity contribution is -0.113. The second kappa shape index (κ2) is 6.41. The number of nitrogens with two attached hydrogens (primary N) is 1. The third-order valence-corrected chi connectivity index (χ3v) is 3.62. The minimum atomic E-state index is -0.404. The SMILES string of the molecule is CCc1cc(/C=C\C(N)=O)ccc1N1CCCCC1. The van der Waals surface area contributed by atoms with Crippen LogP contribution in [0.5, 0.6) is 0 Å². The summed E-state index contributed by atoms with van der Waals surface area (Å²) in [4.78, 5) is 13.2. The molecule has 1 saturated heterocycles. The lowest BCUT2D eigenvalue weighted by atomic mass is 10.0. The first-order chi connectivity index (χ1) is 9.20. The third-order valence-electron chi connectivity index (χ3n) is 3.62. The van der Waals surface area contributed by atoms with Crippen LogP contribution in [0.25, 0.3) is 6.08 Å². The first kappa shape index (κ1) is 13.7. The number of hydrogen-bond donors (Lipinski definition) is 1. The lowest BCUT2D eigenvalue weighted by Gasteiger charge is -2.30. The fraction of sp³-hybridized carbons (Fsp3) is 0.438. The summed E-state index contributed by atoms with van der Waals surface area (Å²) in [5.74, 6) is -0.404. The molecular formula is C16H22N2O. The highest BCUT2D eigenvalue weighted by atomic mass is 16.1. The largest absolute Gasteiger partial charge is 0.371 e. The van der Waals surface area contributed by atoms with E-state index < -0.39 is 5.91 Å². The molecule has 1 aromatic rings. The predicted molar refractivity (Wildman–Crippen MR) is 80.1 cm³/mol. The fourth-order valence-electron chi connectivity index (χ4n) is 2.61. The van der Waals surface area contributed by atoms with Crippen LogP contribution in [0.3, 0.4) is 0 Å². The normalized spacial score (nSPS) is 15.9. The minimum absolute atomic E-state index is 0.404. The zero-order valence-corrected chi connectivity index (χ0v) is 11.6. The Morgan fingerprint density at radius 2 is 2.05 bits per heavy atom. The molecule has 1 aromatic carbocycles. The molecule has 1 aliphatic rings. The van der Waals surface area contributed by atoms with Gasteiger partial charge in [-0.2, -0.15) is 0 Å². The molecule has 2 rings (SSSR count). The van der Waals surface area contributed by atoms with Crippen LogP contribution in [0.2, 0.25) is 0 Å². The average molecular weight is 258 g/mol. The number of anilines is 1. The van der Waals surface area contributed by atoms with E-state index in [9.17, 15) is 4.79 Å². The van der Waals surface area contributed by atoms with Crippen LogP contribution in [0.4, 0.5) is 5.69 Å². The Hall–Kier alpha value is -1.77. The Kier molecular flexibility index (Phi) is 4.61. The first-order valence-corrected chi connectivity index (χ1v) is 7.06. The van der Waals surface area contributed by atoms with Crippen molar-refractivity contribution in [2.45, 2.75) is 32.6 Å². The predicted octanol–water partition coefficient (Wildman–Crippen LogP) is 2.74. The molecule has 2 N–H and O–H groups in total. The van der Waals surface area contributed by atoms with Crippen LogP contribution in [-0.4, -0.2) is 19.0 Å². The van der Waals surface area contributed by atoms with Crippen LogP contribution < -0.4 is 10.6 Å². The van der Waals surface area contributed by atoms with E-state index in [2.05, 4.69) is 30.0 Å². The van der Waals surface area contributed by atoms with Gasteiger partial charge in [-0.05, 0) is 55.0 Å². The van der Waals surface area contributed by atoms with Crippen LogP contribution in [-0.2, 0) is 11.2 Å². The topological polar surface area (TPSA) is 46.3 Å². The van der Waals surface area contributed by atoms with E-state index in [0.717, 1.165) is 25.1 Å². The summed E-state index contributed by atoms with van der Waals surface area (Å²) in [5.41, 5.74) is 8.85. The van der Waals surface area contributed by atoms with Gasteiger partial charge in [0, 0.05) is 24.9 Å². The average Bonchev–Trinajstić information content (AvgIpc) is 2.45. The van der Waals surface area contributed by atoms with E-state index in [-0.39, 0.29) is 0 Å². The number of carbonyl (C=O) groups is 1. The molecule has 0 saturated carbocycles. The number of benzene rings is 1. The second-order valence-corrected chi connectivity index (χ2v) is 5.03. The van der Waals surface area contributed by atoms with Crippen molar-refractivity contribution in [2.24, 2.45) is 5.73 Å². The van der Waals surface area contributed by atoms with Gasteiger partial charge in [0.05, 0.1) is 0 Å². The quantitative estimate of drug-likeness (QED) is 0.844. The minimum Gasteiger partial charge on any atom is -0.371 e. The zero-order chi connectivity index (χ0) is 13.7. The number of rotatable bonds is 4. The van der Waals surface area contributed by atoms with Gasteiger partial charge >= 0.3 is 0 Å². The fourth-order valence-corrected chi connectivity index (χ4v) is 2.61. The van der Waals surface area contributed by atoms with Crippen molar-refractivity contribution in [1.82, 2.24) is 0 Å². The molecule has 1 heterocycles. The van der Waals surface area contributed by atoms with Crippen molar-refractivity contribution in [3.8, 4) is 0 Å². The van der Waals surface area contributed by atoms with Gasteiger partial charge in [-0.25, -0.2) is 0 Å². The van der Waals surface area contributed by atoms with Gasteiger partial charge in [0.15, 0.2) is 0 Å². The molecule has 0 aliphatic carbocycles. The van der Waals surface area contributed by atoms with Crippen molar-refractivity contribution in [1.29, 1.82) is 0 Å². The van der Waals surface area contributed by atoms with E-state index in [1.807, 2.05) is 0 Å². The molecule has 1 amide bonds. The second-order valence-electron chi connectivity index (χ2n) is 5.03. The molecular weight excluding hydrogens is 236 g/mol. The highest BCUT2D eigenvalue weighted by Gasteiger charge is 2.13. The third kappa shape index (κ3) is 3.60. The van der Waals surface area contributed by atoms with Gasteiger partial charge in [0.1, 0.15) is 0 Å². The first-order valence-electron chi connectivity index (χ1n) is 7.06. The van der Waals surface area contributed by atoms with Gasteiger partial charge in [-0.15, -0.1) is 0 Å². The van der Waals surface area contributed by atoms with Gasteiger partial charge in [0.2, 0.25) is 5.91 Å². The highest BCUT2D eigenvalue weighted by Crippen LogP contribution is 2.26. The molecule has 0 unspecified atom stereocenters. The maximum atomic E-state index is 10.8. The molecule has 1 fully saturated rings.